The van der Waals surface area contributed by atoms with E-state index in [-0.39, 0.29) is 5.95 Å². The molecule has 0 saturated carbocycles. The molecule has 1 rings (SSSR count). The van der Waals surface area contributed by atoms with Crippen molar-refractivity contribution in [3.63, 3.8) is 0 Å². The highest BCUT2D eigenvalue weighted by Gasteiger charge is 2.31. The first kappa shape index (κ1) is 12.4. The maximum atomic E-state index is 10.4. The molecule has 0 aromatic heterocycles. The normalized spacial score (nSPS) is 17.5. The van der Waals surface area contributed by atoms with Crippen molar-refractivity contribution in [3.8, 4) is 0 Å². The van der Waals surface area contributed by atoms with Gasteiger partial charge in [0, 0.05) is 0 Å². The summed E-state index contributed by atoms with van der Waals surface area (Å²) >= 11 is 0. The van der Waals surface area contributed by atoms with Gasteiger partial charge in [0.25, 0.3) is 0 Å². The molecule has 0 aromatic carbocycles. The molecule has 1 heterocycles. The monoisotopic (exact) mass is 234 g/mol. The first-order chi connectivity index (χ1) is 7.14. The molecule has 0 N–H and O–H groups in total. The second kappa shape index (κ2) is 6.00. The summed E-state index contributed by atoms with van der Waals surface area (Å²) in [4.78, 5) is 0. The molecule has 0 bridgehead atoms. The molecule has 1 fully saturated rings. The molecular weight excluding hydrogens is 216 g/mol. The molecule has 0 aliphatic carbocycles. The summed E-state index contributed by atoms with van der Waals surface area (Å²) in [6.45, 7) is 2.19. The van der Waals surface area contributed by atoms with Crippen LogP contribution < -0.4 is 0 Å². The molecule has 0 radical (unpaired) electrons. The fourth-order valence-electron chi connectivity index (χ4n) is 1.42. The first-order valence-electron chi connectivity index (χ1n) is 5.48. The van der Waals surface area contributed by atoms with Crippen LogP contribution >= 0.6 is 0 Å². The van der Waals surface area contributed by atoms with E-state index in [1.807, 2.05) is 0 Å². The summed E-state index contributed by atoms with van der Waals surface area (Å²) in [5, 5.41) is 0. The van der Waals surface area contributed by atoms with E-state index >= 15 is 0 Å². The van der Waals surface area contributed by atoms with E-state index in [1.165, 1.54) is 32.1 Å². The Labute approximate surface area is 91.6 Å². The third kappa shape index (κ3) is 5.06. The standard InChI is InChI=1S/C10H18O4S/c1-2-3-4-5-6-7-8-9-10-13-15(11,12)14-10/h9H,2-8H2,1H3. The van der Waals surface area contributed by atoms with E-state index in [0.717, 1.165) is 12.8 Å². The van der Waals surface area contributed by atoms with Gasteiger partial charge in [0.15, 0.2) is 0 Å². The van der Waals surface area contributed by atoms with E-state index in [1.54, 1.807) is 6.08 Å². The van der Waals surface area contributed by atoms with Gasteiger partial charge in [-0.1, -0.05) is 39.0 Å². The van der Waals surface area contributed by atoms with Crippen LogP contribution in [0.4, 0.5) is 0 Å². The molecule has 5 heteroatoms. The zero-order valence-corrected chi connectivity index (χ0v) is 9.88. The SMILES string of the molecule is CCCCCCCCC=C1OS(=O)(=O)O1. The van der Waals surface area contributed by atoms with Gasteiger partial charge in [0.05, 0.1) is 0 Å². The van der Waals surface area contributed by atoms with E-state index < -0.39 is 10.4 Å². The van der Waals surface area contributed by atoms with Crippen LogP contribution in [-0.4, -0.2) is 8.42 Å². The highest BCUT2D eigenvalue weighted by molar-refractivity contribution is 7.83. The van der Waals surface area contributed by atoms with Crippen LogP contribution in [0, 0.1) is 0 Å². The van der Waals surface area contributed by atoms with Crippen LogP contribution in [0.15, 0.2) is 12.0 Å². The molecule has 0 amide bonds. The van der Waals surface area contributed by atoms with Crippen LogP contribution in [0.2, 0.25) is 0 Å². The van der Waals surface area contributed by atoms with Gasteiger partial charge in [0.1, 0.15) is 0 Å². The lowest BCUT2D eigenvalue weighted by Gasteiger charge is -2.17. The van der Waals surface area contributed by atoms with E-state index in [2.05, 4.69) is 15.3 Å². The Morgan fingerprint density at radius 2 is 1.67 bits per heavy atom. The van der Waals surface area contributed by atoms with Gasteiger partial charge in [-0.15, -0.1) is 8.42 Å². The zero-order valence-electron chi connectivity index (χ0n) is 9.07. The predicted octanol–water partition coefficient (Wildman–Crippen LogP) is 2.87. The molecule has 0 aromatic rings. The van der Waals surface area contributed by atoms with Gasteiger partial charge in [-0.3, -0.25) is 0 Å². The number of hydrogen-bond donors (Lipinski definition) is 0. The van der Waals surface area contributed by atoms with Gasteiger partial charge in [-0.05, 0) is 18.9 Å². The molecule has 1 saturated heterocycles. The summed E-state index contributed by atoms with van der Waals surface area (Å²) in [6.07, 6.45) is 9.81. The number of allylic oxidation sites excluding steroid dienone is 1. The third-order valence-electron chi connectivity index (χ3n) is 2.24. The van der Waals surface area contributed by atoms with Crippen LogP contribution in [0.25, 0.3) is 0 Å². The van der Waals surface area contributed by atoms with Crippen LogP contribution in [0.3, 0.4) is 0 Å². The summed E-state index contributed by atoms with van der Waals surface area (Å²) in [6, 6.07) is 0. The van der Waals surface area contributed by atoms with Gasteiger partial charge in [-0.2, -0.15) is 0 Å². The number of hydrogen-bond acceptors (Lipinski definition) is 4. The topological polar surface area (TPSA) is 52.6 Å². The minimum atomic E-state index is -3.65. The molecule has 1 aliphatic heterocycles. The fraction of sp³-hybridized carbons (Fsp3) is 0.800. The highest BCUT2D eigenvalue weighted by Crippen LogP contribution is 2.22. The molecule has 0 unspecified atom stereocenters. The quantitative estimate of drug-likeness (QED) is 0.635. The summed E-state index contributed by atoms with van der Waals surface area (Å²) in [5.41, 5.74) is 0. The minimum Gasteiger partial charge on any atom is -0.315 e. The lowest BCUT2D eigenvalue weighted by molar-refractivity contribution is 0.118. The minimum absolute atomic E-state index is 0.128. The Morgan fingerprint density at radius 3 is 2.27 bits per heavy atom. The van der Waals surface area contributed by atoms with Crippen LogP contribution in [-0.2, 0) is 18.8 Å². The van der Waals surface area contributed by atoms with E-state index in [4.69, 9.17) is 0 Å². The van der Waals surface area contributed by atoms with Crippen molar-refractivity contribution < 1.29 is 16.8 Å². The molecular formula is C10H18O4S. The van der Waals surface area contributed by atoms with E-state index in [9.17, 15) is 8.42 Å². The Hall–Kier alpha value is -0.710. The average molecular weight is 234 g/mol. The fourth-order valence-corrected chi connectivity index (χ4v) is 1.97. The summed E-state index contributed by atoms with van der Waals surface area (Å²) < 4.78 is 29.6. The smallest absolute Gasteiger partial charge is 0.315 e. The second-order valence-corrected chi connectivity index (χ2v) is 4.80. The third-order valence-corrected chi connectivity index (χ3v) is 2.97. The van der Waals surface area contributed by atoms with Gasteiger partial charge in [-0.25, -0.2) is 0 Å². The van der Waals surface area contributed by atoms with E-state index in [0.29, 0.717) is 0 Å². The van der Waals surface area contributed by atoms with Crippen molar-refractivity contribution in [2.24, 2.45) is 0 Å². The van der Waals surface area contributed by atoms with Crippen molar-refractivity contribution >= 4 is 10.4 Å². The lowest BCUT2D eigenvalue weighted by atomic mass is 10.1. The molecule has 4 nitrogen and oxygen atoms in total. The second-order valence-electron chi connectivity index (χ2n) is 3.65. The van der Waals surface area contributed by atoms with Gasteiger partial charge >= 0.3 is 16.3 Å². The maximum absolute atomic E-state index is 10.4. The van der Waals surface area contributed by atoms with Crippen molar-refractivity contribution in [2.75, 3.05) is 0 Å². The molecule has 1 aliphatic rings. The van der Waals surface area contributed by atoms with Gasteiger partial charge < -0.3 is 8.37 Å². The summed E-state index contributed by atoms with van der Waals surface area (Å²) in [7, 11) is -3.65. The molecule has 15 heavy (non-hydrogen) atoms. The Kier molecular flexibility index (Phi) is 4.94. The molecule has 88 valence electrons. The largest absolute Gasteiger partial charge is 0.506 e. The predicted molar refractivity (Wildman–Crippen MR) is 57.2 cm³/mol. The Bertz CT molecular complexity index is 291. The zero-order chi connectivity index (χ0) is 11.1. The van der Waals surface area contributed by atoms with Crippen molar-refractivity contribution in [3.05, 3.63) is 12.0 Å². The van der Waals surface area contributed by atoms with Crippen LogP contribution in [0.1, 0.15) is 51.9 Å². The summed E-state index contributed by atoms with van der Waals surface area (Å²) in [5.74, 6) is 0.128. The Balaban J connectivity index is 1.94. The van der Waals surface area contributed by atoms with Crippen molar-refractivity contribution in [1.82, 2.24) is 0 Å². The van der Waals surface area contributed by atoms with Crippen molar-refractivity contribution in [1.29, 1.82) is 0 Å². The first-order valence-corrected chi connectivity index (χ1v) is 6.81. The number of rotatable bonds is 7. The molecule has 0 spiro atoms. The van der Waals surface area contributed by atoms with Crippen LogP contribution in [0.5, 0.6) is 0 Å². The molecule has 0 atom stereocenters. The number of unbranched alkanes of at least 4 members (excludes halogenated alkanes) is 6. The Morgan fingerprint density at radius 1 is 1.07 bits per heavy atom. The van der Waals surface area contributed by atoms with Gasteiger partial charge in [0.2, 0.25) is 0 Å². The van der Waals surface area contributed by atoms with Crippen molar-refractivity contribution in [2.45, 2.75) is 51.9 Å². The maximum Gasteiger partial charge on any atom is 0.506 e. The average Bonchev–Trinajstić information content (AvgIpc) is 2.13. The lowest BCUT2D eigenvalue weighted by Crippen LogP contribution is -2.21. The highest BCUT2D eigenvalue weighted by atomic mass is 32.3.